The Morgan fingerprint density at radius 3 is 2.62 bits per heavy atom. The van der Waals surface area contributed by atoms with Crippen molar-refractivity contribution in [1.82, 2.24) is 9.80 Å². The lowest BCUT2D eigenvalue weighted by atomic mass is 9.89. The first-order valence-corrected chi connectivity index (χ1v) is 7.94. The molecule has 1 atom stereocenters. The van der Waals surface area contributed by atoms with Crippen molar-refractivity contribution < 1.29 is 4.79 Å². The van der Waals surface area contributed by atoms with Crippen LogP contribution in [0.1, 0.15) is 32.8 Å². The van der Waals surface area contributed by atoms with E-state index >= 15 is 0 Å². The van der Waals surface area contributed by atoms with Gasteiger partial charge in [0.05, 0.1) is 6.54 Å². The van der Waals surface area contributed by atoms with Gasteiger partial charge in [-0.25, -0.2) is 0 Å². The van der Waals surface area contributed by atoms with Crippen LogP contribution in [0.25, 0.3) is 0 Å². The second kappa shape index (κ2) is 5.79. The highest BCUT2D eigenvalue weighted by Gasteiger charge is 2.50. The number of halogens is 1. The molecule has 1 amide bonds. The van der Waals surface area contributed by atoms with E-state index in [0.717, 1.165) is 16.5 Å². The first-order chi connectivity index (χ1) is 9.75. The maximum absolute atomic E-state index is 12.8. The average Bonchev–Trinajstić information content (AvgIpc) is 2.54. The summed E-state index contributed by atoms with van der Waals surface area (Å²) in [6, 6.07) is 7.86. The highest BCUT2D eigenvalue weighted by molar-refractivity contribution is 9.10. The Labute approximate surface area is 134 Å². The van der Waals surface area contributed by atoms with Crippen molar-refractivity contribution in [2.75, 3.05) is 7.05 Å². The van der Waals surface area contributed by atoms with Crippen LogP contribution in [-0.2, 0) is 11.3 Å². The van der Waals surface area contributed by atoms with Crippen molar-refractivity contribution in [3.05, 3.63) is 34.3 Å². The summed E-state index contributed by atoms with van der Waals surface area (Å²) in [4.78, 5) is 16.2. The van der Waals surface area contributed by atoms with Crippen molar-refractivity contribution in [3.63, 3.8) is 0 Å². The SMILES string of the molecule is CC(C)CC1(C)C(=O)N(Cc2cccc(Br)c2)C(=N)N1C. The summed E-state index contributed by atoms with van der Waals surface area (Å²) in [7, 11) is 1.84. The van der Waals surface area contributed by atoms with Crippen molar-refractivity contribution in [3.8, 4) is 0 Å². The first kappa shape index (κ1) is 16.0. The minimum Gasteiger partial charge on any atom is -0.331 e. The van der Waals surface area contributed by atoms with E-state index in [1.807, 2.05) is 38.2 Å². The Kier molecular flexibility index (Phi) is 4.42. The van der Waals surface area contributed by atoms with Crippen LogP contribution in [0.2, 0.25) is 0 Å². The number of carbonyl (C=O) groups excluding carboxylic acids is 1. The van der Waals surface area contributed by atoms with Gasteiger partial charge in [-0.3, -0.25) is 15.1 Å². The quantitative estimate of drug-likeness (QED) is 0.902. The standard InChI is InChI=1S/C16H22BrN3O/c1-11(2)9-16(3)14(21)20(15(18)19(16)4)10-12-6-5-7-13(17)8-12/h5-8,11,18H,9-10H2,1-4H3. The molecule has 1 heterocycles. The molecule has 2 rings (SSSR count). The van der Waals surface area contributed by atoms with Crippen LogP contribution >= 0.6 is 15.9 Å². The van der Waals surface area contributed by atoms with Gasteiger partial charge in [-0.2, -0.15) is 0 Å². The van der Waals surface area contributed by atoms with Gasteiger partial charge < -0.3 is 4.90 Å². The number of nitrogens with one attached hydrogen (secondary N) is 1. The Hall–Kier alpha value is -1.36. The summed E-state index contributed by atoms with van der Waals surface area (Å²) >= 11 is 3.44. The van der Waals surface area contributed by atoms with Gasteiger partial charge >= 0.3 is 0 Å². The molecule has 4 nitrogen and oxygen atoms in total. The van der Waals surface area contributed by atoms with E-state index < -0.39 is 5.54 Å². The van der Waals surface area contributed by atoms with Gasteiger partial charge in [0.1, 0.15) is 5.54 Å². The molecule has 5 heteroatoms. The molecule has 0 saturated carbocycles. The fourth-order valence-electron chi connectivity index (χ4n) is 2.93. The monoisotopic (exact) mass is 351 g/mol. The smallest absolute Gasteiger partial charge is 0.255 e. The third-order valence-electron chi connectivity index (χ3n) is 4.05. The van der Waals surface area contributed by atoms with Crippen LogP contribution in [0.5, 0.6) is 0 Å². The average molecular weight is 352 g/mol. The fraction of sp³-hybridized carbons (Fsp3) is 0.500. The number of amides is 1. The zero-order valence-electron chi connectivity index (χ0n) is 13.0. The van der Waals surface area contributed by atoms with Crippen LogP contribution in [-0.4, -0.2) is 34.3 Å². The van der Waals surface area contributed by atoms with Crippen molar-refractivity contribution in [2.24, 2.45) is 5.92 Å². The number of likely N-dealkylation sites (N-methyl/N-ethyl adjacent to an activating group) is 1. The summed E-state index contributed by atoms with van der Waals surface area (Å²) in [5.74, 6) is 0.701. The van der Waals surface area contributed by atoms with Gasteiger partial charge in [0.15, 0.2) is 0 Å². The molecule has 0 aliphatic carbocycles. The number of rotatable bonds is 4. The maximum Gasteiger partial charge on any atom is 0.255 e. The van der Waals surface area contributed by atoms with Gasteiger partial charge in [-0.05, 0) is 37.0 Å². The van der Waals surface area contributed by atoms with E-state index in [4.69, 9.17) is 5.41 Å². The summed E-state index contributed by atoms with van der Waals surface area (Å²) in [5, 5.41) is 8.26. The molecule has 0 spiro atoms. The Morgan fingerprint density at radius 1 is 1.38 bits per heavy atom. The zero-order chi connectivity index (χ0) is 15.8. The lowest BCUT2D eigenvalue weighted by molar-refractivity contribution is -0.133. The predicted octanol–water partition coefficient (Wildman–Crippen LogP) is 3.46. The van der Waals surface area contributed by atoms with Gasteiger partial charge in [-0.15, -0.1) is 0 Å². The van der Waals surface area contributed by atoms with E-state index in [9.17, 15) is 4.79 Å². The van der Waals surface area contributed by atoms with E-state index in [1.165, 1.54) is 0 Å². The van der Waals surface area contributed by atoms with Crippen LogP contribution in [0.4, 0.5) is 0 Å². The van der Waals surface area contributed by atoms with Crippen LogP contribution < -0.4 is 0 Å². The minimum atomic E-state index is -0.614. The minimum absolute atomic E-state index is 0.0173. The molecular weight excluding hydrogens is 330 g/mol. The largest absolute Gasteiger partial charge is 0.331 e. The molecule has 1 aliphatic heterocycles. The van der Waals surface area contributed by atoms with E-state index in [2.05, 4.69) is 29.8 Å². The Bertz CT molecular complexity index is 572. The summed E-state index contributed by atoms with van der Waals surface area (Å²) in [6.07, 6.45) is 0.750. The predicted molar refractivity (Wildman–Crippen MR) is 88.0 cm³/mol. The van der Waals surface area contributed by atoms with Crippen molar-refractivity contribution in [1.29, 1.82) is 5.41 Å². The molecule has 0 aromatic heterocycles. The van der Waals surface area contributed by atoms with E-state index in [0.29, 0.717) is 12.5 Å². The van der Waals surface area contributed by atoms with Gasteiger partial charge in [0, 0.05) is 11.5 Å². The lowest BCUT2D eigenvalue weighted by Gasteiger charge is -2.30. The van der Waals surface area contributed by atoms with Crippen molar-refractivity contribution in [2.45, 2.75) is 39.3 Å². The first-order valence-electron chi connectivity index (χ1n) is 7.14. The van der Waals surface area contributed by atoms with Gasteiger partial charge in [-0.1, -0.05) is 41.9 Å². The molecule has 0 radical (unpaired) electrons. The van der Waals surface area contributed by atoms with E-state index in [1.54, 1.807) is 9.80 Å². The third-order valence-corrected chi connectivity index (χ3v) is 4.55. The van der Waals surface area contributed by atoms with Gasteiger partial charge in [0.25, 0.3) is 5.91 Å². The molecular formula is C16H22BrN3O. The molecule has 114 valence electrons. The van der Waals surface area contributed by atoms with Crippen LogP contribution in [0.3, 0.4) is 0 Å². The normalized spacial score (nSPS) is 22.6. The van der Waals surface area contributed by atoms with Gasteiger partial charge in [0.2, 0.25) is 5.96 Å². The number of nitrogens with zero attached hydrogens (tertiary/aromatic N) is 2. The second-order valence-electron chi connectivity index (χ2n) is 6.28. The lowest BCUT2D eigenvalue weighted by Crippen LogP contribution is -2.46. The van der Waals surface area contributed by atoms with Crippen LogP contribution in [0.15, 0.2) is 28.7 Å². The number of guanidine groups is 1. The molecule has 1 aromatic carbocycles. The van der Waals surface area contributed by atoms with E-state index in [-0.39, 0.29) is 11.9 Å². The highest BCUT2D eigenvalue weighted by Crippen LogP contribution is 2.32. The highest BCUT2D eigenvalue weighted by atomic mass is 79.9. The Balaban J connectivity index is 2.25. The number of benzene rings is 1. The van der Waals surface area contributed by atoms with Crippen molar-refractivity contribution >= 4 is 27.8 Å². The number of carbonyl (C=O) groups is 1. The molecule has 1 unspecified atom stereocenters. The number of hydrogen-bond donors (Lipinski definition) is 1. The Morgan fingerprint density at radius 2 is 2.05 bits per heavy atom. The third kappa shape index (κ3) is 2.98. The fourth-order valence-corrected chi connectivity index (χ4v) is 3.38. The molecule has 21 heavy (non-hydrogen) atoms. The topological polar surface area (TPSA) is 47.4 Å². The number of hydrogen-bond acceptors (Lipinski definition) is 2. The molecule has 1 N–H and O–H groups in total. The molecule has 1 saturated heterocycles. The molecule has 1 aliphatic rings. The summed E-state index contributed by atoms with van der Waals surface area (Å²) in [5.41, 5.74) is 0.404. The molecule has 0 bridgehead atoms. The van der Waals surface area contributed by atoms with Crippen LogP contribution in [0, 0.1) is 11.3 Å². The molecule has 1 aromatic rings. The maximum atomic E-state index is 12.8. The summed E-state index contributed by atoms with van der Waals surface area (Å²) < 4.78 is 0.983. The zero-order valence-corrected chi connectivity index (χ0v) is 14.6. The second-order valence-corrected chi connectivity index (χ2v) is 7.19. The molecule has 1 fully saturated rings. The summed E-state index contributed by atoms with van der Waals surface area (Å²) in [6.45, 7) is 6.58.